The number of halogens is 2. The van der Waals surface area contributed by atoms with E-state index in [0.29, 0.717) is 11.1 Å². The molecular formula is C16H10F2N2. The van der Waals surface area contributed by atoms with Gasteiger partial charge in [0, 0.05) is 35.9 Å². The van der Waals surface area contributed by atoms with Crippen LogP contribution < -0.4 is 0 Å². The summed E-state index contributed by atoms with van der Waals surface area (Å²) in [6.07, 6.45) is 6.18. The first kappa shape index (κ1) is 12.4. The third-order valence-corrected chi connectivity index (χ3v) is 3.04. The summed E-state index contributed by atoms with van der Waals surface area (Å²) in [4.78, 5) is 7.73. The Balaban J connectivity index is 2.13. The predicted molar refractivity (Wildman–Crippen MR) is 72.8 cm³/mol. The summed E-state index contributed by atoms with van der Waals surface area (Å²) in [6, 6.07) is 8.99. The van der Waals surface area contributed by atoms with Crippen LogP contribution in [-0.4, -0.2) is 9.97 Å². The van der Waals surface area contributed by atoms with E-state index < -0.39 is 11.6 Å². The topological polar surface area (TPSA) is 25.8 Å². The largest absolute Gasteiger partial charge is 0.265 e. The summed E-state index contributed by atoms with van der Waals surface area (Å²) in [5.74, 6) is -0.936. The Morgan fingerprint density at radius 3 is 1.30 bits per heavy atom. The fourth-order valence-corrected chi connectivity index (χ4v) is 2.05. The minimum atomic E-state index is -0.468. The van der Waals surface area contributed by atoms with Crippen molar-refractivity contribution in [2.75, 3.05) is 0 Å². The summed E-state index contributed by atoms with van der Waals surface area (Å²) in [5.41, 5.74) is 1.64. The number of rotatable bonds is 2. The Kier molecular flexibility index (Phi) is 3.21. The van der Waals surface area contributed by atoms with Crippen molar-refractivity contribution in [1.82, 2.24) is 9.97 Å². The summed E-state index contributed by atoms with van der Waals surface area (Å²) >= 11 is 0. The lowest BCUT2D eigenvalue weighted by molar-refractivity contribution is 0.606. The van der Waals surface area contributed by atoms with Crippen LogP contribution in [0.15, 0.2) is 61.2 Å². The second-order valence-electron chi connectivity index (χ2n) is 4.28. The van der Waals surface area contributed by atoms with Crippen LogP contribution in [0.25, 0.3) is 22.3 Å². The van der Waals surface area contributed by atoms with E-state index in [-0.39, 0.29) is 11.1 Å². The molecule has 3 rings (SSSR count). The molecule has 0 unspecified atom stereocenters. The van der Waals surface area contributed by atoms with Crippen molar-refractivity contribution in [2.24, 2.45) is 0 Å². The zero-order valence-corrected chi connectivity index (χ0v) is 10.4. The van der Waals surface area contributed by atoms with Crippen LogP contribution in [0, 0.1) is 11.6 Å². The summed E-state index contributed by atoms with van der Waals surface area (Å²) in [7, 11) is 0. The van der Waals surface area contributed by atoms with Crippen molar-refractivity contribution in [2.45, 2.75) is 0 Å². The second kappa shape index (κ2) is 5.17. The molecule has 0 saturated heterocycles. The van der Waals surface area contributed by atoms with Crippen molar-refractivity contribution < 1.29 is 8.78 Å². The molecule has 0 atom stereocenters. The Labute approximate surface area is 114 Å². The molecule has 98 valence electrons. The predicted octanol–water partition coefficient (Wildman–Crippen LogP) is 4.09. The SMILES string of the molecule is Fc1cc(-c2ccncc2)c(F)cc1-c1ccncc1. The van der Waals surface area contributed by atoms with Gasteiger partial charge in [-0.15, -0.1) is 0 Å². The van der Waals surface area contributed by atoms with E-state index in [1.165, 1.54) is 12.1 Å². The fourth-order valence-electron chi connectivity index (χ4n) is 2.05. The minimum Gasteiger partial charge on any atom is -0.265 e. The van der Waals surface area contributed by atoms with E-state index in [1.54, 1.807) is 49.1 Å². The normalized spacial score (nSPS) is 10.5. The first-order valence-corrected chi connectivity index (χ1v) is 6.05. The number of aromatic nitrogens is 2. The average Bonchev–Trinajstić information content (AvgIpc) is 2.51. The van der Waals surface area contributed by atoms with Gasteiger partial charge in [-0.25, -0.2) is 8.78 Å². The van der Waals surface area contributed by atoms with E-state index in [0.717, 1.165) is 0 Å². The maximum atomic E-state index is 14.2. The molecule has 0 aliphatic rings. The molecule has 2 nitrogen and oxygen atoms in total. The quantitative estimate of drug-likeness (QED) is 0.699. The molecule has 0 saturated carbocycles. The first-order valence-electron chi connectivity index (χ1n) is 6.05. The van der Waals surface area contributed by atoms with Gasteiger partial charge in [-0.1, -0.05) is 0 Å². The van der Waals surface area contributed by atoms with Gasteiger partial charge in [0.15, 0.2) is 0 Å². The molecule has 1 aromatic carbocycles. The Hall–Kier alpha value is -2.62. The van der Waals surface area contributed by atoms with Crippen molar-refractivity contribution in [3.05, 3.63) is 72.8 Å². The Bertz CT molecular complexity index is 663. The molecule has 0 spiro atoms. The van der Waals surface area contributed by atoms with Gasteiger partial charge in [-0.05, 0) is 47.5 Å². The van der Waals surface area contributed by atoms with Gasteiger partial charge in [-0.2, -0.15) is 0 Å². The number of hydrogen-bond acceptors (Lipinski definition) is 2. The van der Waals surface area contributed by atoms with Gasteiger partial charge >= 0.3 is 0 Å². The molecular weight excluding hydrogens is 258 g/mol. The van der Waals surface area contributed by atoms with Crippen LogP contribution in [0.5, 0.6) is 0 Å². The molecule has 0 amide bonds. The molecule has 4 heteroatoms. The summed E-state index contributed by atoms with van der Waals surface area (Å²) in [6.45, 7) is 0. The lowest BCUT2D eigenvalue weighted by Crippen LogP contribution is -1.92. The molecule has 20 heavy (non-hydrogen) atoms. The van der Waals surface area contributed by atoms with Crippen molar-refractivity contribution in [1.29, 1.82) is 0 Å². The molecule has 2 heterocycles. The van der Waals surface area contributed by atoms with Crippen LogP contribution in [-0.2, 0) is 0 Å². The number of nitrogens with zero attached hydrogens (tertiary/aromatic N) is 2. The molecule has 3 aromatic rings. The lowest BCUT2D eigenvalue weighted by Gasteiger charge is -2.08. The van der Waals surface area contributed by atoms with E-state index in [1.807, 2.05) is 0 Å². The van der Waals surface area contributed by atoms with Gasteiger partial charge in [-0.3, -0.25) is 9.97 Å². The van der Waals surface area contributed by atoms with Crippen LogP contribution in [0.2, 0.25) is 0 Å². The molecule has 0 radical (unpaired) electrons. The highest BCUT2D eigenvalue weighted by molar-refractivity contribution is 5.71. The Morgan fingerprint density at radius 2 is 0.950 bits per heavy atom. The van der Waals surface area contributed by atoms with E-state index in [9.17, 15) is 8.78 Å². The molecule has 0 fully saturated rings. The minimum absolute atomic E-state index is 0.225. The third-order valence-electron chi connectivity index (χ3n) is 3.04. The van der Waals surface area contributed by atoms with Crippen LogP contribution >= 0.6 is 0 Å². The zero-order valence-electron chi connectivity index (χ0n) is 10.4. The van der Waals surface area contributed by atoms with Gasteiger partial charge in [0.2, 0.25) is 0 Å². The zero-order chi connectivity index (χ0) is 13.9. The number of pyridine rings is 2. The Morgan fingerprint density at radius 1 is 0.600 bits per heavy atom. The smallest absolute Gasteiger partial charge is 0.131 e. The monoisotopic (exact) mass is 268 g/mol. The fraction of sp³-hybridized carbons (Fsp3) is 0. The summed E-state index contributed by atoms with van der Waals surface area (Å²) < 4.78 is 28.4. The number of hydrogen-bond donors (Lipinski definition) is 0. The van der Waals surface area contributed by atoms with Crippen LogP contribution in [0.4, 0.5) is 8.78 Å². The van der Waals surface area contributed by atoms with E-state index in [2.05, 4.69) is 9.97 Å². The molecule has 2 aromatic heterocycles. The van der Waals surface area contributed by atoms with E-state index >= 15 is 0 Å². The van der Waals surface area contributed by atoms with Crippen LogP contribution in [0.3, 0.4) is 0 Å². The van der Waals surface area contributed by atoms with Crippen LogP contribution in [0.1, 0.15) is 0 Å². The van der Waals surface area contributed by atoms with Gasteiger partial charge in [0.1, 0.15) is 11.6 Å². The first-order chi connectivity index (χ1) is 9.75. The highest BCUT2D eigenvalue weighted by Crippen LogP contribution is 2.30. The second-order valence-corrected chi connectivity index (χ2v) is 4.28. The van der Waals surface area contributed by atoms with Crippen molar-refractivity contribution in [3.8, 4) is 22.3 Å². The average molecular weight is 268 g/mol. The van der Waals surface area contributed by atoms with E-state index in [4.69, 9.17) is 0 Å². The highest BCUT2D eigenvalue weighted by atomic mass is 19.1. The van der Waals surface area contributed by atoms with Gasteiger partial charge in [0.25, 0.3) is 0 Å². The highest BCUT2D eigenvalue weighted by Gasteiger charge is 2.12. The summed E-state index contributed by atoms with van der Waals surface area (Å²) in [5, 5.41) is 0. The number of benzene rings is 1. The standard InChI is InChI=1S/C16H10F2N2/c17-15-10-14(12-3-7-20-8-4-12)16(18)9-13(15)11-1-5-19-6-2-11/h1-10H. The molecule has 0 aliphatic heterocycles. The molecule has 0 aliphatic carbocycles. The van der Waals surface area contributed by atoms with Crippen molar-refractivity contribution >= 4 is 0 Å². The maximum Gasteiger partial charge on any atom is 0.131 e. The molecule has 0 bridgehead atoms. The van der Waals surface area contributed by atoms with Crippen molar-refractivity contribution in [3.63, 3.8) is 0 Å². The van der Waals surface area contributed by atoms with Gasteiger partial charge < -0.3 is 0 Å². The third kappa shape index (κ3) is 2.28. The molecule has 0 N–H and O–H groups in total. The lowest BCUT2D eigenvalue weighted by atomic mass is 10.00. The van der Waals surface area contributed by atoms with Gasteiger partial charge in [0.05, 0.1) is 0 Å². The maximum absolute atomic E-state index is 14.2.